The van der Waals surface area contributed by atoms with Gasteiger partial charge in [0.2, 0.25) is 5.52 Å². The number of aryl methyl sites for hydroxylation is 1. The second kappa shape index (κ2) is 6.98. The van der Waals surface area contributed by atoms with E-state index in [1.807, 2.05) is 24.3 Å². The molecule has 158 valence electrons. The molecule has 1 aliphatic carbocycles. The van der Waals surface area contributed by atoms with Crippen molar-refractivity contribution < 1.29 is 4.73 Å². The van der Waals surface area contributed by atoms with Gasteiger partial charge in [0.15, 0.2) is 11.4 Å². The molecule has 4 aromatic rings. The molecule has 4 heterocycles. The van der Waals surface area contributed by atoms with Gasteiger partial charge in [0.1, 0.15) is 11.5 Å². The number of rotatable bonds is 4. The molecule has 2 aliphatic rings. The van der Waals surface area contributed by atoms with Gasteiger partial charge < -0.3 is 20.8 Å². The Morgan fingerprint density at radius 3 is 2.87 bits per heavy atom. The van der Waals surface area contributed by atoms with Gasteiger partial charge in [-0.2, -0.15) is 4.73 Å². The van der Waals surface area contributed by atoms with E-state index in [2.05, 4.69) is 16.8 Å². The van der Waals surface area contributed by atoms with Crippen molar-refractivity contribution in [3.63, 3.8) is 0 Å². The predicted molar refractivity (Wildman–Crippen MR) is 122 cm³/mol. The minimum Gasteiger partial charge on any atom is -0.618 e. The molecule has 1 saturated carbocycles. The van der Waals surface area contributed by atoms with Crippen molar-refractivity contribution in [1.82, 2.24) is 15.0 Å². The summed E-state index contributed by atoms with van der Waals surface area (Å²) in [5, 5.41) is 15.3. The van der Waals surface area contributed by atoms with Crippen LogP contribution < -0.4 is 15.4 Å². The van der Waals surface area contributed by atoms with Crippen LogP contribution in [-0.4, -0.2) is 34.1 Å². The standard InChI is InChI=1S/C22H21ClN6OS/c1-2-15-18(23)17-20(25-15)26-22(27-21(17)28-9-13-14(10-28)19(13)24)31-12-6-5-11-4-3-7-29(30)16(11)8-12/h3-8,13-14,19H,2,9-10,24H2,1H3,(H,25,26,27). The van der Waals surface area contributed by atoms with Crippen LogP contribution >= 0.6 is 23.4 Å². The van der Waals surface area contributed by atoms with Gasteiger partial charge in [0, 0.05) is 47.2 Å². The van der Waals surface area contributed by atoms with Gasteiger partial charge in [-0.3, -0.25) is 0 Å². The summed E-state index contributed by atoms with van der Waals surface area (Å²) in [7, 11) is 0. The normalized spacial score (nSPS) is 22.4. The predicted octanol–water partition coefficient (Wildman–Crippen LogP) is 3.50. The van der Waals surface area contributed by atoms with Crippen LogP contribution in [0.15, 0.2) is 46.6 Å². The number of H-pyrrole nitrogens is 1. The quantitative estimate of drug-likeness (QED) is 0.279. The number of hydrogen-bond donors (Lipinski definition) is 2. The van der Waals surface area contributed by atoms with E-state index in [4.69, 9.17) is 27.3 Å². The highest BCUT2D eigenvalue weighted by molar-refractivity contribution is 7.99. The summed E-state index contributed by atoms with van der Waals surface area (Å²) >= 11 is 8.15. The highest BCUT2D eigenvalue weighted by atomic mass is 35.5. The van der Waals surface area contributed by atoms with Gasteiger partial charge >= 0.3 is 0 Å². The highest BCUT2D eigenvalue weighted by Gasteiger charge is 2.54. The van der Waals surface area contributed by atoms with E-state index in [0.29, 0.717) is 33.6 Å². The van der Waals surface area contributed by atoms with Crippen LogP contribution in [-0.2, 0) is 6.42 Å². The molecule has 0 spiro atoms. The van der Waals surface area contributed by atoms with Crippen LogP contribution in [0.5, 0.6) is 0 Å². The first-order valence-corrected chi connectivity index (χ1v) is 11.6. The summed E-state index contributed by atoms with van der Waals surface area (Å²) < 4.78 is 0.882. The molecule has 0 amide bonds. The second-order valence-corrected chi connectivity index (χ2v) is 9.71. The van der Waals surface area contributed by atoms with E-state index in [9.17, 15) is 5.21 Å². The van der Waals surface area contributed by atoms with Gasteiger partial charge in [-0.1, -0.05) is 18.5 Å². The van der Waals surface area contributed by atoms with E-state index in [0.717, 1.165) is 57.1 Å². The summed E-state index contributed by atoms with van der Waals surface area (Å²) in [6, 6.07) is 9.80. The van der Waals surface area contributed by atoms with Crippen LogP contribution in [0.25, 0.3) is 21.9 Å². The van der Waals surface area contributed by atoms with Gasteiger partial charge in [-0.05, 0) is 48.2 Å². The second-order valence-electron chi connectivity index (χ2n) is 8.29. The number of aromatic nitrogens is 4. The fraction of sp³-hybridized carbons (Fsp3) is 0.318. The molecule has 0 radical (unpaired) electrons. The number of hydrogen-bond acceptors (Lipinski definition) is 6. The van der Waals surface area contributed by atoms with E-state index in [1.54, 1.807) is 6.07 Å². The van der Waals surface area contributed by atoms with Gasteiger partial charge in [0.05, 0.1) is 10.4 Å². The molecule has 3 N–H and O–H groups in total. The topological polar surface area (TPSA) is 97.8 Å². The van der Waals surface area contributed by atoms with Gasteiger partial charge in [-0.25, -0.2) is 9.97 Å². The lowest BCUT2D eigenvalue weighted by molar-refractivity contribution is -0.577. The van der Waals surface area contributed by atoms with Crippen molar-refractivity contribution in [2.75, 3.05) is 18.0 Å². The molecule has 0 bridgehead atoms. The largest absolute Gasteiger partial charge is 0.618 e. The van der Waals surface area contributed by atoms with Gasteiger partial charge in [0.25, 0.3) is 0 Å². The zero-order valence-corrected chi connectivity index (χ0v) is 18.5. The molecule has 7 nitrogen and oxygen atoms in total. The third kappa shape index (κ3) is 3.04. The maximum absolute atomic E-state index is 12.2. The lowest BCUT2D eigenvalue weighted by Gasteiger charge is -2.21. The van der Waals surface area contributed by atoms with Crippen molar-refractivity contribution >= 4 is 51.1 Å². The fourth-order valence-corrected chi connectivity index (χ4v) is 5.80. The number of anilines is 1. The Bertz CT molecular complexity index is 1330. The third-order valence-electron chi connectivity index (χ3n) is 6.48. The lowest BCUT2D eigenvalue weighted by atomic mass is 10.2. The van der Waals surface area contributed by atoms with Crippen LogP contribution in [0.4, 0.5) is 5.82 Å². The van der Waals surface area contributed by atoms with Crippen molar-refractivity contribution in [2.24, 2.45) is 17.6 Å². The van der Waals surface area contributed by atoms with Crippen molar-refractivity contribution in [3.05, 3.63) is 52.5 Å². The molecule has 31 heavy (non-hydrogen) atoms. The van der Waals surface area contributed by atoms with E-state index < -0.39 is 0 Å². The number of pyridine rings is 1. The van der Waals surface area contributed by atoms with E-state index in [1.165, 1.54) is 18.0 Å². The Labute approximate surface area is 188 Å². The summed E-state index contributed by atoms with van der Waals surface area (Å²) in [6.07, 6.45) is 2.30. The van der Waals surface area contributed by atoms with E-state index in [-0.39, 0.29) is 0 Å². The van der Waals surface area contributed by atoms with Crippen molar-refractivity contribution in [1.29, 1.82) is 0 Å². The van der Waals surface area contributed by atoms with E-state index >= 15 is 0 Å². The van der Waals surface area contributed by atoms with Gasteiger partial charge in [-0.15, -0.1) is 0 Å². The number of piperidine rings is 1. The number of nitrogens with zero attached hydrogens (tertiary/aromatic N) is 4. The van der Waals surface area contributed by atoms with Crippen LogP contribution in [0, 0.1) is 17.0 Å². The smallest absolute Gasteiger partial charge is 0.224 e. The average Bonchev–Trinajstić information content (AvgIpc) is 3.09. The Hall–Kier alpha value is -2.55. The summed E-state index contributed by atoms with van der Waals surface area (Å²) in [5.74, 6) is 1.95. The molecule has 2 fully saturated rings. The number of nitrogens with one attached hydrogen (secondary N) is 1. The number of halogens is 1. The molecule has 2 unspecified atom stereocenters. The number of aromatic amines is 1. The molecule has 6 rings (SSSR count). The highest BCUT2D eigenvalue weighted by Crippen LogP contribution is 2.47. The monoisotopic (exact) mass is 452 g/mol. The van der Waals surface area contributed by atoms with Crippen LogP contribution in [0.2, 0.25) is 5.02 Å². The minimum absolute atomic E-state index is 0.312. The molecular formula is C22H21ClN6OS. The summed E-state index contributed by atoms with van der Waals surface area (Å²) in [4.78, 5) is 16.2. The zero-order valence-electron chi connectivity index (χ0n) is 16.9. The maximum atomic E-state index is 12.2. The summed E-state index contributed by atoms with van der Waals surface area (Å²) in [6.45, 7) is 3.87. The SMILES string of the molecule is CCc1[nH]c2nc(Sc3ccc4ccc[n+]([O-])c4c3)nc(N3CC4C(N)C4C3)c2c1Cl. The molecule has 3 aromatic heterocycles. The van der Waals surface area contributed by atoms with Crippen molar-refractivity contribution in [2.45, 2.75) is 29.4 Å². The number of nitrogens with two attached hydrogens (primary N) is 1. The average molecular weight is 453 g/mol. The Kier molecular flexibility index (Phi) is 4.31. The first-order valence-electron chi connectivity index (χ1n) is 10.4. The molecule has 1 saturated heterocycles. The summed E-state index contributed by atoms with van der Waals surface area (Å²) in [5.41, 5.74) is 8.49. The maximum Gasteiger partial charge on any atom is 0.224 e. The number of fused-ring (bicyclic) bond motifs is 3. The minimum atomic E-state index is 0.312. The van der Waals surface area contributed by atoms with Crippen LogP contribution in [0.3, 0.4) is 0 Å². The zero-order chi connectivity index (χ0) is 21.3. The molecule has 9 heteroatoms. The third-order valence-corrected chi connectivity index (χ3v) is 7.75. The first kappa shape index (κ1) is 19.2. The lowest BCUT2D eigenvalue weighted by Crippen LogP contribution is -2.29. The Morgan fingerprint density at radius 1 is 1.29 bits per heavy atom. The Morgan fingerprint density at radius 2 is 2.10 bits per heavy atom. The van der Waals surface area contributed by atoms with Crippen molar-refractivity contribution in [3.8, 4) is 0 Å². The molecular weight excluding hydrogens is 432 g/mol. The molecule has 1 aromatic carbocycles. The first-order chi connectivity index (χ1) is 15.0. The Balaban J connectivity index is 1.43. The number of benzene rings is 1. The molecule has 2 atom stereocenters. The molecule has 1 aliphatic heterocycles. The van der Waals surface area contributed by atoms with Crippen LogP contribution in [0.1, 0.15) is 12.6 Å². The fourth-order valence-electron chi connectivity index (χ4n) is 4.66.